The molecule has 112 valence electrons. The zero-order valence-corrected chi connectivity index (χ0v) is 12.1. The lowest BCUT2D eigenvalue weighted by atomic mass is 10.2. The first-order valence-corrected chi connectivity index (χ1v) is 6.56. The molecule has 2 nitrogen and oxygen atoms in total. The standard InChI is InChI=1S/C14H10Cl2F3NO/c15-10-2-3-11(16)8(5-10)7-21-13-4-1-9(6-12(13)20)14(17,18)19/h1-6H,7,20H2. The summed E-state index contributed by atoms with van der Waals surface area (Å²) in [5.74, 6) is 0.152. The van der Waals surface area contributed by atoms with Crippen LogP contribution in [0.4, 0.5) is 18.9 Å². The van der Waals surface area contributed by atoms with Crippen molar-refractivity contribution < 1.29 is 17.9 Å². The minimum atomic E-state index is -4.44. The van der Waals surface area contributed by atoms with Gasteiger partial charge in [0, 0.05) is 15.6 Å². The van der Waals surface area contributed by atoms with Crippen LogP contribution in [0.5, 0.6) is 5.75 Å². The first kappa shape index (κ1) is 15.8. The summed E-state index contributed by atoms with van der Waals surface area (Å²) in [5.41, 5.74) is 5.26. The Morgan fingerprint density at radius 2 is 1.76 bits per heavy atom. The van der Waals surface area contributed by atoms with Gasteiger partial charge in [0.15, 0.2) is 0 Å². The smallest absolute Gasteiger partial charge is 0.416 e. The monoisotopic (exact) mass is 335 g/mol. The van der Waals surface area contributed by atoms with Gasteiger partial charge in [-0.05, 0) is 36.4 Å². The van der Waals surface area contributed by atoms with E-state index in [1.807, 2.05) is 0 Å². The number of halogens is 5. The highest BCUT2D eigenvalue weighted by Crippen LogP contribution is 2.34. The zero-order valence-electron chi connectivity index (χ0n) is 10.5. The predicted molar refractivity (Wildman–Crippen MR) is 76.7 cm³/mol. The Balaban J connectivity index is 2.15. The highest BCUT2D eigenvalue weighted by molar-refractivity contribution is 6.33. The summed E-state index contributed by atoms with van der Waals surface area (Å²) in [4.78, 5) is 0. The second-order valence-electron chi connectivity index (χ2n) is 4.27. The molecule has 2 N–H and O–H groups in total. The number of hydrogen-bond acceptors (Lipinski definition) is 2. The molecule has 0 atom stereocenters. The number of hydrogen-bond donors (Lipinski definition) is 1. The maximum Gasteiger partial charge on any atom is 0.416 e. The number of benzene rings is 2. The van der Waals surface area contributed by atoms with E-state index in [-0.39, 0.29) is 18.0 Å². The van der Waals surface area contributed by atoms with Gasteiger partial charge in [-0.15, -0.1) is 0 Å². The van der Waals surface area contributed by atoms with Crippen molar-refractivity contribution in [1.29, 1.82) is 0 Å². The molecule has 0 spiro atoms. The van der Waals surface area contributed by atoms with Gasteiger partial charge in [0.1, 0.15) is 12.4 Å². The van der Waals surface area contributed by atoms with E-state index in [0.717, 1.165) is 12.1 Å². The second kappa shape index (κ2) is 6.03. The summed E-state index contributed by atoms with van der Waals surface area (Å²) < 4.78 is 42.9. The van der Waals surface area contributed by atoms with Crippen molar-refractivity contribution in [2.45, 2.75) is 12.8 Å². The van der Waals surface area contributed by atoms with Crippen LogP contribution < -0.4 is 10.5 Å². The molecular formula is C14H10Cl2F3NO. The van der Waals surface area contributed by atoms with E-state index in [1.54, 1.807) is 18.2 Å². The fourth-order valence-electron chi connectivity index (χ4n) is 1.67. The molecule has 7 heteroatoms. The van der Waals surface area contributed by atoms with E-state index in [9.17, 15) is 13.2 Å². The number of ether oxygens (including phenoxy) is 1. The van der Waals surface area contributed by atoms with Crippen LogP contribution in [0.25, 0.3) is 0 Å². The van der Waals surface area contributed by atoms with E-state index in [0.29, 0.717) is 15.6 Å². The lowest BCUT2D eigenvalue weighted by Gasteiger charge is -2.13. The molecular weight excluding hydrogens is 326 g/mol. The quantitative estimate of drug-likeness (QED) is 0.785. The van der Waals surface area contributed by atoms with Crippen molar-refractivity contribution in [1.82, 2.24) is 0 Å². The van der Waals surface area contributed by atoms with E-state index in [4.69, 9.17) is 33.7 Å². The van der Waals surface area contributed by atoms with Gasteiger partial charge in [-0.25, -0.2) is 0 Å². The third kappa shape index (κ3) is 3.95. The van der Waals surface area contributed by atoms with E-state index >= 15 is 0 Å². The Hall–Kier alpha value is -1.59. The Bertz CT molecular complexity index is 659. The summed E-state index contributed by atoms with van der Waals surface area (Å²) in [6.45, 7) is 0.0506. The van der Waals surface area contributed by atoms with Crippen molar-refractivity contribution >= 4 is 28.9 Å². The van der Waals surface area contributed by atoms with Crippen molar-refractivity contribution in [3.63, 3.8) is 0 Å². The first-order valence-electron chi connectivity index (χ1n) is 5.81. The molecule has 0 aromatic heterocycles. The number of nitrogens with two attached hydrogens (primary N) is 1. The van der Waals surface area contributed by atoms with Crippen LogP contribution in [0.3, 0.4) is 0 Å². The molecule has 0 radical (unpaired) electrons. The van der Waals surface area contributed by atoms with Crippen molar-refractivity contribution in [2.24, 2.45) is 0 Å². The first-order chi connectivity index (χ1) is 9.77. The molecule has 0 fully saturated rings. The van der Waals surface area contributed by atoms with E-state index in [1.165, 1.54) is 6.07 Å². The molecule has 2 rings (SSSR count). The maximum absolute atomic E-state index is 12.5. The second-order valence-corrected chi connectivity index (χ2v) is 5.12. The molecule has 2 aromatic carbocycles. The third-order valence-electron chi connectivity index (χ3n) is 2.73. The summed E-state index contributed by atoms with van der Waals surface area (Å²) in [7, 11) is 0. The molecule has 0 saturated carbocycles. The molecule has 0 bridgehead atoms. The Morgan fingerprint density at radius 3 is 2.38 bits per heavy atom. The normalized spacial score (nSPS) is 11.5. The molecule has 0 unspecified atom stereocenters. The average molecular weight is 336 g/mol. The fourth-order valence-corrected chi connectivity index (χ4v) is 2.03. The van der Waals surface area contributed by atoms with Gasteiger partial charge in [-0.1, -0.05) is 23.2 Å². The summed E-state index contributed by atoms with van der Waals surface area (Å²) in [6.07, 6.45) is -4.44. The Morgan fingerprint density at radius 1 is 1.05 bits per heavy atom. The largest absolute Gasteiger partial charge is 0.487 e. The number of nitrogen functional groups attached to an aromatic ring is 1. The fraction of sp³-hybridized carbons (Fsp3) is 0.143. The summed E-state index contributed by atoms with van der Waals surface area (Å²) in [6, 6.07) is 7.76. The Labute approximate surface area is 129 Å². The molecule has 0 aliphatic rings. The van der Waals surface area contributed by atoms with E-state index < -0.39 is 11.7 Å². The van der Waals surface area contributed by atoms with Gasteiger partial charge in [0.25, 0.3) is 0 Å². The van der Waals surface area contributed by atoms with E-state index in [2.05, 4.69) is 0 Å². The molecule has 2 aromatic rings. The maximum atomic E-state index is 12.5. The van der Waals surface area contributed by atoms with Crippen LogP contribution in [-0.2, 0) is 12.8 Å². The van der Waals surface area contributed by atoms with Gasteiger partial charge in [-0.3, -0.25) is 0 Å². The molecule has 0 aliphatic carbocycles. The van der Waals surface area contributed by atoms with Crippen molar-refractivity contribution in [3.05, 3.63) is 57.6 Å². The van der Waals surface area contributed by atoms with Crippen LogP contribution in [0.1, 0.15) is 11.1 Å². The highest BCUT2D eigenvalue weighted by atomic mass is 35.5. The summed E-state index contributed by atoms with van der Waals surface area (Å²) >= 11 is 11.8. The minimum Gasteiger partial charge on any atom is -0.487 e. The van der Waals surface area contributed by atoms with Gasteiger partial charge < -0.3 is 10.5 Å². The lowest BCUT2D eigenvalue weighted by molar-refractivity contribution is -0.137. The lowest BCUT2D eigenvalue weighted by Crippen LogP contribution is -2.06. The molecule has 21 heavy (non-hydrogen) atoms. The number of alkyl halides is 3. The van der Waals surface area contributed by atoms with Crippen molar-refractivity contribution in [2.75, 3.05) is 5.73 Å². The Kier molecular flexibility index (Phi) is 4.54. The van der Waals surface area contributed by atoms with Gasteiger partial charge in [0.2, 0.25) is 0 Å². The van der Waals surface area contributed by atoms with Crippen LogP contribution in [0, 0.1) is 0 Å². The predicted octanol–water partition coefficient (Wildman–Crippen LogP) is 5.17. The van der Waals surface area contributed by atoms with Gasteiger partial charge in [0.05, 0.1) is 11.3 Å². The third-order valence-corrected chi connectivity index (χ3v) is 3.33. The van der Waals surface area contributed by atoms with Crippen LogP contribution in [0.2, 0.25) is 10.0 Å². The number of rotatable bonds is 3. The topological polar surface area (TPSA) is 35.2 Å². The van der Waals surface area contributed by atoms with Gasteiger partial charge >= 0.3 is 6.18 Å². The minimum absolute atomic E-state index is 0.0506. The molecule has 0 saturated heterocycles. The van der Waals surface area contributed by atoms with Crippen molar-refractivity contribution in [3.8, 4) is 5.75 Å². The highest BCUT2D eigenvalue weighted by Gasteiger charge is 2.30. The molecule has 0 amide bonds. The average Bonchev–Trinajstić information content (AvgIpc) is 2.40. The summed E-state index contributed by atoms with van der Waals surface area (Å²) in [5, 5.41) is 0.934. The molecule has 0 aliphatic heterocycles. The van der Waals surface area contributed by atoms with Gasteiger partial charge in [-0.2, -0.15) is 13.2 Å². The zero-order chi connectivity index (χ0) is 15.6. The number of anilines is 1. The molecule has 0 heterocycles. The SMILES string of the molecule is Nc1cc(C(F)(F)F)ccc1OCc1cc(Cl)ccc1Cl. The van der Waals surface area contributed by atoms with Crippen LogP contribution in [-0.4, -0.2) is 0 Å². The van der Waals surface area contributed by atoms with Crippen LogP contribution in [0.15, 0.2) is 36.4 Å². The van der Waals surface area contributed by atoms with Crippen LogP contribution >= 0.6 is 23.2 Å².